The number of hydrogen-bond acceptors (Lipinski definition) is 8. The van der Waals surface area contributed by atoms with Crippen molar-refractivity contribution in [1.82, 2.24) is 0 Å². The van der Waals surface area contributed by atoms with Crippen molar-refractivity contribution < 1.29 is 44.6 Å². The summed E-state index contributed by atoms with van der Waals surface area (Å²) in [5.74, 6) is -1.17. The highest BCUT2D eigenvalue weighted by Gasteiger charge is 2.43. The van der Waals surface area contributed by atoms with Crippen molar-refractivity contribution in [3.8, 4) is 0 Å². The third kappa shape index (κ3) is 5.81. The maximum Gasteiger partial charge on any atom is 0.303 e. The molecule has 2 fully saturated rings. The largest absolute Gasteiger partial charge is 0.481 e. The molecule has 0 aromatic carbocycles. The normalized spacial score (nSPS) is 37.2. The molecule has 0 bridgehead atoms. The second-order valence-corrected chi connectivity index (χ2v) is 7.03. The van der Waals surface area contributed by atoms with Gasteiger partial charge in [-0.2, -0.15) is 0 Å². The van der Waals surface area contributed by atoms with Crippen LogP contribution in [0.4, 0.5) is 0 Å². The molecule has 5 N–H and O–H groups in total. The van der Waals surface area contributed by atoms with E-state index in [0.717, 1.165) is 0 Å². The summed E-state index contributed by atoms with van der Waals surface area (Å²) in [6.45, 7) is -0.353. The van der Waals surface area contributed by atoms with Crippen LogP contribution in [-0.2, 0) is 19.1 Å². The number of allylic oxidation sites excluding steroid dienone is 1. The lowest BCUT2D eigenvalue weighted by molar-refractivity contribution is -0.300. The predicted octanol–water partition coefficient (Wildman–Crippen LogP) is -0.791. The third-order valence-electron chi connectivity index (χ3n) is 5.15. The van der Waals surface area contributed by atoms with Gasteiger partial charge in [0.2, 0.25) is 0 Å². The second-order valence-electron chi connectivity index (χ2n) is 7.03. The average Bonchev–Trinajstić information content (AvgIpc) is 2.96. The van der Waals surface area contributed by atoms with Gasteiger partial charge in [0.1, 0.15) is 30.2 Å². The number of Topliss-reactive ketones (excluding diaryl/α,β-unsaturated/α-hetero) is 1. The molecule has 0 amide bonds. The van der Waals surface area contributed by atoms with Crippen LogP contribution in [0.15, 0.2) is 12.2 Å². The summed E-state index contributed by atoms with van der Waals surface area (Å²) in [5, 5.41) is 47.3. The SMILES string of the molecule is O=C(O)C[C@H]1CCC(=O)[C@@H]1C/C=C\CCO[C@H]1O[C@H](CO)[C@H](O)[C@@H](O)[C@@H]1O. The van der Waals surface area contributed by atoms with Gasteiger partial charge in [-0.05, 0) is 25.2 Å². The minimum Gasteiger partial charge on any atom is -0.481 e. The first-order valence-corrected chi connectivity index (χ1v) is 9.16. The van der Waals surface area contributed by atoms with Gasteiger partial charge < -0.3 is 35.0 Å². The highest BCUT2D eigenvalue weighted by molar-refractivity contribution is 5.84. The summed E-state index contributed by atoms with van der Waals surface area (Å²) in [7, 11) is 0. The van der Waals surface area contributed by atoms with Gasteiger partial charge in [-0.3, -0.25) is 9.59 Å². The first-order chi connectivity index (χ1) is 12.8. The third-order valence-corrected chi connectivity index (χ3v) is 5.15. The smallest absolute Gasteiger partial charge is 0.303 e. The Morgan fingerprint density at radius 1 is 1.19 bits per heavy atom. The number of carbonyl (C=O) groups excluding carboxylic acids is 1. The van der Waals surface area contributed by atoms with Crippen molar-refractivity contribution in [2.75, 3.05) is 13.2 Å². The van der Waals surface area contributed by atoms with Gasteiger partial charge in [0.15, 0.2) is 6.29 Å². The summed E-state index contributed by atoms with van der Waals surface area (Å²) in [5.41, 5.74) is 0. The van der Waals surface area contributed by atoms with Gasteiger partial charge in [0.25, 0.3) is 0 Å². The van der Waals surface area contributed by atoms with Crippen LogP contribution < -0.4 is 0 Å². The van der Waals surface area contributed by atoms with Crippen LogP contribution in [-0.4, -0.2) is 81.2 Å². The van der Waals surface area contributed by atoms with Crippen LogP contribution in [0.2, 0.25) is 0 Å². The van der Waals surface area contributed by atoms with Crippen molar-refractivity contribution in [3.05, 3.63) is 12.2 Å². The minimum atomic E-state index is -1.48. The lowest BCUT2D eigenvalue weighted by Gasteiger charge is -2.39. The first kappa shape index (κ1) is 21.9. The van der Waals surface area contributed by atoms with E-state index in [1.165, 1.54) is 0 Å². The van der Waals surface area contributed by atoms with Crippen LogP contribution in [0.1, 0.15) is 32.1 Å². The number of carboxylic acid groups (broad SMARTS) is 1. The van der Waals surface area contributed by atoms with Crippen LogP contribution in [0.3, 0.4) is 0 Å². The van der Waals surface area contributed by atoms with E-state index in [1.54, 1.807) is 6.08 Å². The van der Waals surface area contributed by atoms with Crippen LogP contribution in [0.5, 0.6) is 0 Å². The molecule has 0 spiro atoms. The van der Waals surface area contributed by atoms with Crippen LogP contribution >= 0.6 is 0 Å². The number of aliphatic hydroxyl groups is 4. The van der Waals surface area contributed by atoms with Crippen molar-refractivity contribution in [2.24, 2.45) is 11.8 Å². The second kappa shape index (κ2) is 10.3. The van der Waals surface area contributed by atoms with Crippen molar-refractivity contribution in [1.29, 1.82) is 0 Å². The topological polar surface area (TPSA) is 154 Å². The van der Waals surface area contributed by atoms with E-state index in [0.29, 0.717) is 25.7 Å². The Morgan fingerprint density at radius 3 is 2.59 bits per heavy atom. The van der Waals surface area contributed by atoms with Crippen LogP contribution in [0, 0.1) is 11.8 Å². The molecule has 1 heterocycles. The minimum absolute atomic E-state index is 0.00443. The van der Waals surface area contributed by atoms with Crippen LogP contribution in [0.25, 0.3) is 0 Å². The summed E-state index contributed by atoms with van der Waals surface area (Å²) >= 11 is 0. The monoisotopic (exact) mass is 388 g/mol. The summed E-state index contributed by atoms with van der Waals surface area (Å²) < 4.78 is 10.6. The molecule has 0 radical (unpaired) electrons. The molecule has 27 heavy (non-hydrogen) atoms. The molecule has 9 nitrogen and oxygen atoms in total. The van der Waals surface area contributed by atoms with E-state index >= 15 is 0 Å². The lowest BCUT2D eigenvalue weighted by Crippen LogP contribution is -2.59. The Bertz CT molecular complexity index is 533. The average molecular weight is 388 g/mol. The number of ketones is 1. The Kier molecular flexibility index (Phi) is 8.33. The predicted molar refractivity (Wildman–Crippen MR) is 91.6 cm³/mol. The Morgan fingerprint density at radius 2 is 1.93 bits per heavy atom. The molecule has 1 saturated carbocycles. The van der Waals surface area contributed by atoms with Crippen molar-refractivity contribution in [2.45, 2.75) is 62.8 Å². The van der Waals surface area contributed by atoms with E-state index < -0.39 is 43.3 Å². The first-order valence-electron chi connectivity index (χ1n) is 9.16. The number of rotatable bonds is 9. The molecule has 1 saturated heterocycles. The zero-order valence-corrected chi connectivity index (χ0v) is 15.0. The van der Waals surface area contributed by atoms with Gasteiger partial charge in [-0.25, -0.2) is 0 Å². The molecule has 0 unspecified atom stereocenters. The summed E-state index contributed by atoms with van der Waals surface area (Å²) in [4.78, 5) is 22.7. The number of carbonyl (C=O) groups is 2. The van der Waals surface area contributed by atoms with E-state index in [-0.39, 0.29) is 30.6 Å². The molecular formula is C18H28O9. The fourth-order valence-electron chi connectivity index (χ4n) is 3.59. The molecular weight excluding hydrogens is 360 g/mol. The molecule has 2 aliphatic rings. The molecule has 2 rings (SSSR count). The van der Waals surface area contributed by atoms with Gasteiger partial charge in [0.05, 0.1) is 13.2 Å². The van der Waals surface area contributed by atoms with E-state index in [2.05, 4.69) is 0 Å². The molecule has 9 heteroatoms. The van der Waals surface area contributed by atoms with Gasteiger partial charge in [0, 0.05) is 18.8 Å². The molecule has 1 aliphatic carbocycles. The molecule has 0 aromatic heterocycles. The number of aliphatic hydroxyl groups excluding tert-OH is 4. The fraction of sp³-hybridized carbons (Fsp3) is 0.778. The summed E-state index contributed by atoms with van der Waals surface area (Å²) in [6.07, 6.45) is -0.898. The highest BCUT2D eigenvalue weighted by Crippen LogP contribution is 2.34. The molecule has 0 aromatic rings. The molecule has 1 aliphatic heterocycles. The fourth-order valence-corrected chi connectivity index (χ4v) is 3.59. The number of carboxylic acids is 1. The van der Waals surface area contributed by atoms with E-state index in [9.17, 15) is 24.9 Å². The van der Waals surface area contributed by atoms with E-state index in [4.69, 9.17) is 19.7 Å². The van der Waals surface area contributed by atoms with Gasteiger partial charge in [-0.1, -0.05) is 12.2 Å². The molecule has 154 valence electrons. The quantitative estimate of drug-likeness (QED) is 0.252. The standard InChI is InChI=1S/C18H28O9/c19-9-13-15(23)16(24)17(25)18(27-13)26-7-3-1-2-4-11-10(8-14(21)22)5-6-12(11)20/h1-2,10-11,13,15-19,23-25H,3-9H2,(H,21,22)/b2-1-/t10-,11-,13-,15+,16-,17+,18+/m1/s1. The number of hydrogen-bond donors (Lipinski definition) is 5. The maximum atomic E-state index is 11.9. The maximum absolute atomic E-state index is 11.9. The van der Waals surface area contributed by atoms with Gasteiger partial charge >= 0.3 is 5.97 Å². The Balaban J connectivity index is 1.73. The van der Waals surface area contributed by atoms with E-state index in [1.807, 2.05) is 6.08 Å². The lowest BCUT2D eigenvalue weighted by atomic mass is 9.89. The number of aliphatic carboxylic acids is 1. The van der Waals surface area contributed by atoms with Gasteiger partial charge in [-0.15, -0.1) is 0 Å². The zero-order valence-electron chi connectivity index (χ0n) is 15.0. The van der Waals surface area contributed by atoms with Crippen molar-refractivity contribution in [3.63, 3.8) is 0 Å². The highest BCUT2D eigenvalue weighted by atomic mass is 16.7. The Hall–Kier alpha value is -1.36. The summed E-state index contributed by atoms with van der Waals surface area (Å²) in [6, 6.07) is 0. The van der Waals surface area contributed by atoms with Crippen molar-refractivity contribution >= 4 is 11.8 Å². The molecule has 7 atom stereocenters. The number of ether oxygens (including phenoxy) is 2. The Labute approximate surface area is 157 Å². The zero-order chi connectivity index (χ0) is 20.0.